The summed E-state index contributed by atoms with van der Waals surface area (Å²) in [6, 6.07) is 10.6. The van der Waals surface area contributed by atoms with Gasteiger partial charge in [-0.1, -0.05) is 0 Å². The number of hydrogen-bond donors (Lipinski definition) is 2. The molecule has 1 aromatic carbocycles. The molecule has 0 aliphatic rings. The summed E-state index contributed by atoms with van der Waals surface area (Å²) in [5, 5.41) is 5.22. The van der Waals surface area contributed by atoms with Gasteiger partial charge in [-0.2, -0.15) is 0 Å². The van der Waals surface area contributed by atoms with E-state index in [1.54, 1.807) is 30.5 Å². The average molecular weight is 384 g/mol. The zero-order valence-corrected chi connectivity index (χ0v) is 12.7. The fourth-order valence-corrected chi connectivity index (χ4v) is 1.88. The Morgan fingerprint density at radius 3 is 2.50 bits per heavy atom. The molecule has 5 nitrogen and oxygen atoms in total. The van der Waals surface area contributed by atoms with Crippen LogP contribution < -0.4 is 10.6 Å². The molecule has 0 spiro atoms. The smallest absolute Gasteiger partial charge is 0.251 e. The van der Waals surface area contributed by atoms with Crippen molar-refractivity contribution < 1.29 is 14.0 Å². The molecule has 6 heteroatoms. The van der Waals surface area contributed by atoms with E-state index in [9.17, 15) is 9.59 Å². The van der Waals surface area contributed by atoms with Gasteiger partial charge in [0, 0.05) is 9.13 Å². The molecule has 0 aliphatic heterocycles. The van der Waals surface area contributed by atoms with Crippen molar-refractivity contribution in [2.45, 2.75) is 6.54 Å². The number of hydrogen-bond acceptors (Lipinski definition) is 3. The summed E-state index contributed by atoms with van der Waals surface area (Å²) in [5.41, 5.74) is 0.532. The zero-order valence-electron chi connectivity index (χ0n) is 10.6. The Kier molecular flexibility index (Phi) is 5.16. The van der Waals surface area contributed by atoms with Crippen molar-refractivity contribution in [1.82, 2.24) is 10.6 Å². The molecule has 0 saturated carbocycles. The second kappa shape index (κ2) is 7.09. The first-order valence-electron chi connectivity index (χ1n) is 5.98. The van der Waals surface area contributed by atoms with Crippen molar-refractivity contribution in [1.29, 1.82) is 0 Å². The highest BCUT2D eigenvalue weighted by atomic mass is 127. The van der Waals surface area contributed by atoms with Gasteiger partial charge in [0.15, 0.2) is 0 Å². The van der Waals surface area contributed by atoms with Crippen molar-refractivity contribution in [3.63, 3.8) is 0 Å². The lowest BCUT2D eigenvalue weighted by Gasteiger charge is -2.06. The van der Waals surface area contributed by atoms with Crippen LogP contribution in [-0.4, -0.2) is 18.4 Å². The van der Waals surface area contributed by atoms with E-state index in [1.165, 1.54) is 0 Å². The van der Waals surface area contributed by atoms with Crippen LogP contribution in [0.25, 0.3) is 0 Å². The maximum absolute atomic E-state index is 11.8. The number of rotatable bonds is 5. The summed E-state index contributed by atoms with van der Waals surface area (Å²) >= 11 is 2.16. The minimum absolute atomic E-state index is 0.0640. The van der Waals surface area contributed by atoms with Gasteiger partial charge in [-0.25, -0.2) is 0 Å². The summed E-state index contributed by atoms with van der Waals surface area (Å²) in [5.74, 6) is 0.136. The molecule has 20 heavy (non-hydrogen) atoms. The number of amides is 2. The van der Waals surface area contributed by atoms with Crippen LogP contribution in [0, 0.1) is 3.57 Å². The third kappa shape index (κ3) is 4.37. The van der Waals surface area contributed by atoms with Crippen LogP contribution in [0.4, 0.5) is 0 Å². The lowest BCUT2D eigenvalue weighted by atomic mass is 10.2. The summed E-state index contributed by atoms with van der Waals surface area (Å²) in [6.07, 6.45) is 1.54. The molecule has 104 valence electrons. The first-order chi connectivity index (χ1) is 9.65. The van der Waals surface area contributed by atoms with Crippen molar-refractivity contribution >= 4 is 34.4 Å². The van der Waals surface area contributed by atoms with Crippen molar-refractivity contribution in [2.24, 2.45) is 0 Å². The largest absolute Gasteiger partial charge is 0.467 e. The van der Waals surface area contributed by atoms with E-state index in [4.69, 9.17) is 4.42 Å². The molecular formula is C14H13IN2O3. The van der Waals surface area contributed by atoms with Crippen LogP contribution in [0.2, 0.25) is 0 Å². The van der Waals surface area contributed by atoms with Gasteiger partial charge in [-0.3, -0.25) is 9.59 Å². The lowest BCUT2D eigenvalue weighted by molar-refractivity contribution is -0.120. The molecule has 1 heterocycles. The molecule has 0 radical (unpaired) electrons. The van der Waals surface area contributed by atoms with E-state index in [-0.39, 0.29) is 18.4 Å². The Balaban J connectivity index is 1.75. The molecule has 1 aromatic heterocycles. The number of carbonyl (C=O) groups excluding carboxylic acids is 2. The molecule has 2 N–H and O–H groups in total. The molecule has 0 fully saturated rings. The van der Waals surface area contributed by atoms with E-state index in [2.05, 4.69) is 33.2 Å². The number of furan rings is 1. The third-order valence-corrected chi connectivity index (χ3v) is 3.27. The standard InChI is InChI=1S/C14H13IN2O3/c15-11-5-3-10(4-6-11)14(19)17-9-13(18)16-8-12-2-1-7-20-12/h1-7H,8-9H2,(H,16,18)(H,17,19). The van der Waals surface area contributed by atoms with Crippen molar-refractivity contribution in [3.8, 4) is 0 Å². The number of carbonyl (C=O) groups is 2. The molecule has 2 rings (SSSR count). The Morgan fingerprint density at radius 1 is 1.10 bits per heavy atom. The molecule has 0 saturated heterocycles. The zero-order chi connectivity index (χ0) is 14.4. The third-order valence-electron chi connectivity index (χ3n) is 2.56. The number of benzene rings is 1. The van der Waals surface area contributed by atoms with Crippen LogP contribution in [-0.2, 0) is 11.3 Å². The van der Waals surface area contributed by atoms with Crippen LogP contribution in [0.1, 0.15) is 16.1 Å². The molecule has 0 unspecified atom stereocenters. The SMILES string of the molecule is O=C(CNC(=O)c1ccc(I)cc1)NCc1ccco1. The Bertz CT molecular complexity index is 579. The summed E-state index contributed by atoms with van der Waals surface area (Å²) < 4.78 is 6.14. The first kappa shape index (κ1) is 14.6. The van der Waals surface area contributed by atoms with E-state index < -0.39 is 0 Å². The van der Waals surface area contributed by atoms with Gasteiger partial charge < -0.3 is 15.1 Å². The fraction of sp³-hybridized carbons (Fsp3) is 0.143. The summed E-state index contributed by atoms with van der Waals surface area (Å²) in [6.45, 7) is 0.247. The van der Waals surface area contributed by atoms with Gasteiger partial charge in [-0.05, 0) is 59.0 Å². The Hall–Kier alpha value is -1.83. The second-order valence-corrected chi connectivity index (χ2v) is 5.29. The Labute approximate surface area is 129 Å². The fourth-order valence-electron chi connectivity index (χ4n) is 1.53. The van der Waals surface area contributed by atoms with E-state index in [1.807, 2.05) is 12.1 Å². The predicted molar refractivity (Wildman–Crippen MR) is 82.0 cm³/mol. The molecule has 2 amide bonds. The first-order valence-corrected chi connectivity index (χ1v) is 7.06. The molecule has 0 atom stereocenters. The quantitative estimate of drug-likeness (QED) is 0.775. The predicted octanol–water partition coefficient (Wildman–Crippen LogP) is 1.93. The van der Waals surface area contributed by atoms with E-state index in [0.717, 1.165) is 3.57 Å². The van der Waals surface area contributed by atoms with E-state index >= 15 is 0 Å². The molecule has 0 bridgehead atoms. The highest BCUT2D eigenvalue weighted by Gasteiger charge is 2.08. The van der Waals surface area contributed by atoms with Gasteiger partial charge in [0.25, 0.3) is 5.91 Å². The lowest BCUT2D eigenvalue weighted by Crippen LogP contribution is -2.36. The van der Waals surface area contributed by atoms with Crippen LogP contribution in [0.15, 0.2) is 47.1 Å². The normalized spacial score (nSPS) is 10.1. The summed E-state index contributed by atoms with van der Waals surface area (Å²) in [4.78, 5) is 23.3. The molecule has 2 aromatic rings. The van der Waals surface area contributed by atoms with Crippen LogP contribution >= 0.6 is 22.6 Å². The van der Waals surface area contributed by atoms with Crippen LogP contribution in [0.3, 0.4) is 0 Å². The minimum Gasteiger partial charge on any atom is -0.467 e. The van der Waals surface area contributed by atoms with Crippen molar-refractivity contribution in [3.05, 3.63) is 57.6 Å². The molecular weight excluding hydrogens is 371 g/mol. The average Bonchev–Trinajstić information content (AvgIpc) is 2.96. The second-order valence-electron chi connectivity index (χ2n) is 4.05. The molecule has 0 aliphatic carbocycles. The monoisotopic (exact) mass is 384 g/mol. The van der Waals surface area contributed by atoms with Gasteiger partial charge >= 0.3 is 0 Å². The van der Waals surface area contributed by atoms with E-state index in [0.29, 0.717) is 17.9 Å². The maximum atomic E-state index is 11.8. The summed E-state index contributed by atoms with van der Waals surface area (Å²) in [7, 11) is 0. The number of halogens is 1. The van der Waals surface area contributed by atoms with Crippen LogP contribution in [0.5, 0.6) is 0 Å². The minimum atomic E-state index is -0.269. The van der Waals surface area contributed by atoms with Crippen molar-refractivity contribution in [2.75, 3.05) is 6.54 Å². The van der Waals surface area contributed by atoms with Gasteiger partial charge in [-0.15, -0.1) is 0 Å². The maximum Gasteiger partial charge on any atom is 0.251 e. The van der Waals surface area contributed by atoms with Gasteiger partial charge in [0.1, 0.15) is 5.76 Å². The Morgan fingerprint density at radius 2 is 1.85 bits per heavy atom. The highest BCUT2D eigenvalue weighted by molar-refractivity contribution is 14.1. The van der Waals surface area contributed by atoms with Gasteiger partial charge in [0.2, 0.25) is 5.91 Å². The van der Waals surface area contributed by atoms with Gasteiger partial charge in [0.05, 0.1) is 19.4 Å². The number of nitrogens with one attached hydrogen (secondary N) is 2. The highest BCUT2D eigenvalue weighted by Crippen LogP contribution is 2.06. The topological polar surface area (TPSA) is 71.3 Å².